The Labute approximate surface area is 120 Å². The molecular weight excluding hydrogens is 294 g/mol. The number of halogens is 1. The predicted molar refractivity (Wildman–Crippen MR) is 75.0 cm³/mol. The van der Waals surface area contributed by atoms with E-state index in [-0.39, 0.29) is 37.2 Å². The SMILES string of the molecule is COCCS(=O)(=O)N(C)CC(=O)N1CCNCC1.Cl. The molecule has 0 atom stereocenters. The van der Waals surface area contributed by atoms with E-state index >= 15 is 0 Å². The van der Waals surface area contributed by atoms with E-state index in [1.165, 1.54) is 14.2 Å². The van der Waals surface area contributed by atoms with Crippen LogP contribution >= 0.6 is 12.4 Å². The number of carbonyl (C=O) groups excluding carboxylic acids is 1. The number of methoxy groups -OCH3 is 1. The molecule has 9 heteroatoms. The fourth-order valence-corrected chi connectivity index (χ4v) is 2.64. The van der Waals surface area contributed by atoms with Crippen molar-refractivity contribution in [1.29, 1.82) is 0 Å². The van der Waals surface area contributed by atoms with Crippen LogP contribution in [0.4, 0.5) is 0 Å². The first-order valence-corrected chi connectivity index (χ1v) is 7.49. The van der Waals surface area contributed by atoms with Crippen LogP contribution in [0, 0.1) is 0 Å². The van der Waals surface area contributed by atoms with Gasteiger partial charge in [-0.2, -0.15) is 4.31 Å². The van der Waals surface area contributed by atoms with Gasteiger partial charge in [-0.1, -0.05) is 0 Å². The maximum Gasteiger partial charge on any atom is 0.237 e. The van der Waals surface area contributed by atoms with Gasteiger partial charge in [0, 0.05) is 40.3 Å². The summed E-state index contributed by atoms with van der Waals surface area (Å²) in [5.74, 6) is -0.255. The van der Waals surface area contributed by atoms with Crippen molar-refractivity contribution in [3.63, 3.8) is 0 Å². The Morgan fingerprint density at radius 3 is 2.47 bits per heavy atom. The van der Waals surface area contributed by atoms with Gasteiger partial charge in [0.15, 0.2) is 0 Å². The first kappa shape index (κ1) is 18.6. The van der Waals surface area contributed by atoms with Crippen molar-refractivity contribution in [3.8, 4) is 0 Å². The second kappa shape index (κ2) is 8.70. The lowest BCUT2D eigenvalue weighted by Crippen LogP contribution is -2.50. The molecule has 114 valence electrons. The Morgan fingerprint density at radius 1 is 1.37 bits per heavy atom. The topological polar surface area (TPSA) is 79.0 Å². The molecule has 0 aromatic heterocycles. The highest BCUT2D eigenvalue weighted by Crippen LogP contribution is 2.01. The van der Waals surface area contributed by atoms with E-state index < -0.39 is 10.0 Å². The van der Waals surface area contributed by atoms with Crippen molar-refractivity contribution in [1.82, 2.24) is 14.5 Å². The molecule has 0 aromatic rings. The minimum absolute atomic E-state index is 0. The molecule has 1 rings (SSSR count). The summed E-state index contributed by atoms with van der Waals surface area (Å²) in [5, 5.41) is 3.14. The van der Waals surface area contributed by atoms with Gasteiger partial charge in [-0.25, -0.2) is 8.42 Å². The smallest absolute Gasteiger partial charge is 0.237 e. The normalized spacial score (nSPS) is 16.3. The fourth-order valence-electron chi connectivity index (χ4n) is 1.65. The quantitative estimate of drug-likeness (QED) is 0.662. The fraction of sp³-hybridized carbons (Fsp3) is 0.900. The highest BCUT2D eigenvalue weighted by molar-refractivity contribution is 7.89. The highest BCUT2D eigenvalue weighted by Gasteiger charge is 2.23. The van der Waals surface area contributed by atoms with E-state index in [0.29, 0.717) is 13.1 Å². The average Bonchev–Trinajstić information content (AvgIpc) is 2.37. The molecule has 1 fully saturated rings. The van der Waals surface area contributed by atoms with E-state index in [9.17, 15) is 13.2 Å². The van der Waals surface area contributed by atoms with E-state index in [0.717, 1.165) is 17.4 Å². The van der Waals surface area contributed by atoms with Gasteiger partial charge >= 0.3 is 0 Å². The van der Waals surface area contributed by atoms with Crippen molar-refractivity contribution in [2.75, 3.05) is 59.2 Å². The second-order valence-corrected chi connectivity index (χ2v) is 6.39. The summed E-state index contributed by atoms with van der Waals surface area (Å²) in [4.78, 5) is 13.6. The second-order valence-electron chi connectivity index (χ2n) is 4.20. The number of hydrogen-bond donors (Lipinski definition) is 1. The maximum atomic E-state index is 11.9. The van der Waals surface area contributed by atoms with Gasteiger partial charge in [0.1, 0.15) is 0 Å². The standard InChI is InChI=1S/C10H21N3O4S.ClH/c1-12(18(15,16)8-7-17-2)9-10(14)13-5-3-11-4-6-13;/h11H,3-9H2,1-2H3;1H. The van der Waals surface area contributed by atoms with Crippen molar-refractivity contribution in [3.05, 3.63) is 0 Å². The highest BCUT2D eigenvalue weighted by atomic mass is 35.5. The third-order valence-corrected chi connectivity index (χ3v) is 4.61. The molecule has 0 bridgehead atoms. The molecule has 0 unspecified atom stereocenters. The zero-order chi connectivity index (χ0) is 13.6. The number of ether oxygens (including phenoxy) is 1. The Bertz CT molecular complexity index is 371. The van der Waals surface area contributed by atoms with Gasteiger partial charge in [-0.05, 0) is 0 Å². The summed E-state index contributed by atoms with van der Waals surface area (Å²) in [5.41, 5.74) is 0. The number of rotatable bonds is 6. The first-order chi connectivity index (χ1) is 8.47. The third-order valence-electron chi connectivity index (χ3n) is 2.85. The van der Waals surface area contributed by atoms with Crippen LogP contribution in [0.5, 0.6) is 0 Å². The molecule has 1 aliphatic heterocycles. The summed E-state index contributed by atoms with van der Waals surface area (Å²) < 4.78 is 29.4. The summed E-state index contributed by atoms with van der Waals surface area (Å²) in [7, 11) is -0.543. The minimum atomic E-state index is -3.41. The van der Waals surface area contributed by atoms with E-state index in [2.05, 4.69) is 5.32 Å². The Morgan fingerprint density at radius 2 is 1.95 bits per heavy atom. The summed E-state index contributed by atoms with van der Waals surface area (Å²) >= 11 is 0. The van der Waals surface area contributed by atoms with Crippen molar-refractivity contribution in [2.24, 2.45) is 0 Å². The lowest BCUT2D eigenvalue weighted by atomic mass is 10.3. The number of likely N-dealkylation sites (N-methyl/N-ethyl adjacent to an activating group) is 1. The molecule has 0 aliphatic carbocycles. The molecule has 1 aliphatic rings. The predicted octanol–water partition coefficient (Wildman–Crippen LogP) is -1.25. The van der Waals surface area contributed by atoms with Crippen LogP contribution in [0.15, 0.2) is 0 Å². The zero-order valence-electron chi connectivity index (χ0n) is 11.3. The largest absolute Gasteiger partial charge is 0.384 e. The van der Waals surface area contributed by atoms with Crippen LogP contribution in [0.2, 0.25) is 0 Å². The van der Waals surface area contributed by atoms with Crippen molar-refractivity contribution >= 4 is 28.3 Å². The molecule has 1 heterocycles. The van der Waals surface area contributed by atoms with E-state index in [1.54, 1.807) is 4.90 Å². The number of nitrogens with zero attached hydrogens (tertiary/aromatic N) is 2. The van der Waals surface area contributed by atoms with Crippen LogP contribution in [-0.4, -0.2) is 82.8 Å². The number of carbonyl (C=O) groups is 1. The van der Waals surface area contributed by atoms with E-state index in [1.807, 2.05) is 0 Å². The van der Waals surface area contributed by atoms with Crippen LogP contribution in [0.1, 0.15) is 0 Å². The molecule has 0 saturated carbocycles. The van der Waals surface area contributed by atoms with Crippen LogP contribution in [0.25, 0.3) is 0 Å². The van der Waals surface area contributed by atoms with Crippen LogP contribution in [0.3, 0.4) is 0 Å². The van der Waals surface area contributed by atoms with Gasteiger partial charge in [-0.15, -0.1) is 12.4 Å². The van der Waals surface area contributed by atoms with Crippen LogP contribution in [-0.2, 0) is 19.6 Å². The minimum Gasteiger partial charge on any atom is -0.384 e. The van der Waals surface area contributed by atoms with E-state index in [4.69, 9.17) is 4.74 Å². The molecule has 0 spiro atoms. The Balaban J connectivity index is 0.00000324. The number of hydrogen-bond acceptors (Lipinski definition) is 5. The lowest BCUT2D eigenvalue weighted by molar-refractivity contribution is -0.131. The third kappa shape index (κ3) is 6.05. The maximum absolute atomic E-state index is 11.9. The average molecular weight is 316 g/mol. The Hall–Kier alpha value is -0.410. The molecule has 1 N–H and O–H groups in total. The summed E-state index contributed by atoms with van der Waals surface area (Å²) in [6, 6.07) is 0. The molecule has 0 aromatic carbocycles. The lowest BCUT2D eigenvalue weighted by Gasteiger charge is -2.29. The molecule has 1 saturated heterocycles. The molecule has 7 nitrogen and oxygen atoms in total. The molecule has 1 amide bonds. The van der Waals surface area contributed by atoms with Gasteiger partial charge in [0.2, 0.25) is 15.9 Å². The van der Waals surface area contributed by atoms with Gasteiger partial charge < -0.3 is 15.0 Å². The number of amides is 1. The molecule has 19 heavy (non-hydrogen) atoms. The zero-order valence-corrected chi connectivity index (χ0v) is 12.9. The van der Waals surface area contributed by atoms with Crippen molar-refractivity contribution < 1.29 is 17.9 Å². The van der Waals surface area contributed by atoms with Crippen molar-refractivity contribution in [2.45, 2.75) is 0 Å². The number of sulfonamides is 1. The summed E-state index contributed by atoms with van der Waals surface area (Å²) in [6.45, 7) is 2.80. The van der Waals surface area contributed by atoms with Gasteiger partial charge in [-0.3, -0.25) is 4.79 Å². The molecule has 0 radical (unpaired) electrons. The van der Waals surface area contributed by atoms with Gasteiger partial charge in [0.05, 0.1) is 18.9 Å². The monoisotopic (exact) mass is 315 g/mol. The number of piperazine rings is 1. The first-order valence-electron chi connectivity index (χ1n) is 5.89. The Kier molecular flexibility index (Phi) is 8.51. The summed E-state index contributed by atoms with van der Waals surface area (Å²) in [6.07, 6.45) is 0. The van der Waals surface area contributed by atoms with Crippen LogP contribution < -0.4 is 5.32 Å². The number of nitrogens with one attached hydrogen (secondary N) is 1. The van der Waals surface area contributed by atoms with Gasteiger partial charge in [0.25, 0.3) is 0 Å². The molecular formula is C10H22ClN3O4S.